The first-order valence-corrected chi connectivity index (χ1v) is 13.7. The third-order valence-corrected chi connectivity index (χ3v) is 6.94. The highest BCUT2D eigenvalue weighted by Crippen LogP contribution is 2.40. The van der Waals surface area contributed by atoms with Crippen LogP contribution in [0.3, 0.4) is 0 Å². The van der Waals surface area contributed by atoms with Gasteiger partial charge in [-0.2, -0.15) is 4.98 Å². The summed E-state index contributed by atoms with van der Waals surface area (Å²) >= 11 is 6.42. The summed E-state index contributed by atoms with van der Waals surface area (Å²) in [5.41, 5.74) is 1.31. The van der Waals surface area contributed by atoms with Gasteiger partial charge in [0.2, 0.25) is 5.95 Å². The molecule has 2 aliphatic heterocycles. The smallest absolute Gasteiger partial charge is 0.290 e. The number of ether oxygens (including phenoxy) is 1. The van der Waals surface area contributed by atoms with Gasteiger partial charge >= 0.3 is 0 Å². The number of pyridine rings is 1. The van der Waals surface area contributed by atoms with Gasteiger partial charge in [0.15, 0.2) is 11.4 Å². The van der Waals surface area contributed by atoms with Crippen molar-refractivity contribution in [3.05, 3.63) is 47.7 Å². The van der Waals surface area contributed by atoms with Crippen LogP contribution in [0.15, 0.2) is 42.7 Å². The number of anilines is 6. The van der Waals surface area contributed by atoms with Crippen molar-refractivity contribution >= 4 is 58.6 Å². The summed E-state index contributed by atoms with van der Waals surface area (Å²) < 4.78 is 5.98. The number of hydrogen-bond donors (Lipinski definition) is 3. The number of nitrogens with one attached hydrogen (secondary N) is 2. The molecule has 2 aromatic heterocycles. The topological polar surface area (TPSA) is 136 Å². The normalized spacial score (nSPS) is 16.2. The second-order valence-electron chi connectivity index (χ2n) is 10.2. The van der Waals surface area contributed by atoms with E-state index in [4.69, 9.17) is 26.2 Å². The molecule has 0 atom stereocenters. The van der Waals surface area contributed by atoms with Crippen LogP contribution in [0, 0.1) is 0 Å². The third kappa shape index (κ3) is 7.14. The summed E-state index contributed by atoms with van der Waals surface area (Å²) in [5.74, 6) is 2.38. The van der Waals surface area contributed by atoms with Gasteiger partial charge in [0.25, 0.3) is 12.4 Å². The summed E-state index contributed by atoms with van der Waals surface area (Å²) in [5, 5.41) is 13.7. The lowest BCUT2D eigenvalue weighted by molar-refractivity contribution is -0.132. The van der Waals surface area contributed by atoms with Gasteiger partial charge in [-0.25, -0.2) is 9.97 Å². The molecule has 3 N–H and O–H groups in total. The van der Waals surface area contributed by atoms with Gasteiger partial charge in [-0.15, -0.1) is 0 Å². The summed E-state index contributed by atoms with van der Waals surface area (Å²) in [7, 11) is 2.13. The number of rotatable bonds is 7. The number of benzene rings is 1. The van der Waals surface area contributed by atoms with Gasteiger partial charge in [0, 0.05) is 38.4 Å². The van der Waals surface area contributed by atoms with Crippen molar-refractivity contribution in [1.82, 2.24) is 19.9 Å². The monoisotopic (exact) mass is 582 g/mol. The van der Waals surface area contributed by atoms with E-state index in [0.29, 0.717) is 29.1 Å². The van der Waals surface area contributed by atoms with Gasteiger partial charge < -0.3 is 35.2 Å². The Morgan fingerprint density at radius 2 is 1.78 bits per heavy atom. The van der Waals surface area contributed by atoms with Crippen LogP contribution in [0.4, 0.5) is 34.6 Å². The van der Waals surface area contributed by atoms with Crippen LogP contribution in [-0.4, -0.2) is 82.7 Å². The van der Waals surface area contributed by atoms with E-state index < -0.39 is 5.60 Å². The molecular weight excluding hydrogens is 548 g/mol. The van der Waals surface area contributed by atoms with E-state index in [1.54, 1.807) is 31.1 Å². The van der Waals surface area contributed by atoms with E-state index in [2.05, 4.69) is 42.4 Å². The Bertz CT molecular complexity index is 1360. The van der Waals surface area contributed by atoms with Crippen molar-refractivity contribution < 1.29 is 19.4 Å². The number of hydrogen-bond acceptors (Lipinski definition) is 10. The van der Waals surface area contributed by atoms with Gasteiger partial charge in [0.1, 0.15) is 16.6 Å². The Balaban J connectivity index is 0.00000124. The van der Waals surface area contributed by atoms with Crippen molar-refractivity contribution in [2.45, 2.75) is 32.8 Å². The van der Waals surface area contributed by atoms with Crippen LogP contribution in [0.2, 0.25) is 5.02 Å². The average Bonchev–Trinajstić information content (AvgIpc) is 2.95. The number of fused-ring (bicyclic) bond motifs is 1. The Kier molecular flexibility index (Phi) is 9.46. The average molecular weight is 583 g/mol. The van der Waals surface area contributed by atoms with Crippen LogP contribution < -0.4 is 25.2 Å². The molecule has 1 aromatic carbocycles. The first kappa shape index (κ1) is 29.8. The molecule has 4 heterocycles. The zero-order chi connectivity index (χ0) is 29.6. The summed E-state index contributed by atoms with van der Waals surface area (Å²) in [4.78, 5) is 41.2. The molecule has 2 aliphatic rings. The first-order chi connectivity index (χ1) is 19.6. The number of carboxylic acid groups (broad SMARTS) is 1. The predicted molar refractivity (Wildman–Crippen MR) is 160 cm³/mol. The quantitative estimate of drug-likeness (QED) is 0.342. The highest BCUT2D eigenvalue weighted by Gasteiger charge is 2.40. The van der Waals surface area contributed by atoms with Crippen molar-refractivity contribution in [1.29, 1.82) is 0 Å². The maximum absolute atomic E-state index is 13.0. The Hall–Kier alpha value is -4.16. The van der Waals surface area contributed by atoms with Gasteiger partial charge in [-0.1, -0.05) is 18.5 Å². The summed E-state index contributed by atoms with van der Waals surface area (Å²) in [6.45, 7) is 9.95. The van der Waals surface area contributed by atoms with E-state index >= 15 is 0 Å². The number of piperazine rings is 1. The standard InChI is InChI=1S/C27H33ClN8O2.CH2O2/c1-5-10-36-21-15-18(6-8-22(21)38-27(2,3)25(36)37)31-24-20(28)17-30-26(33-24)32-19-7-9-23(29-16-19)35-13-11-34(4)12-14-35;2-1-3/h6-9,15-17H,5,10-14H2,1-4H3,(H2,30,31,32,33);1H,(H,2,3). The lowest BCUT2D eigenvalue weighted by Gasteiger charge is -2.39. The molecule has 218 valence electrons. The van der Waals surface area contributed by atoms with Crippen LogP contribution >= 0.6 is 11.6 Å². The molecule has 5 rings (SSSR count). The predicted octanol–water partition coefficient (Wildman–Crippen LogP) is 4.38. The van der Waals surface area contributed by atoms with Gasteiger partial charge in [-0.3, -0.25) is 9.59 Å². The fraction of sp³-hybridized carbons (Fsp3) is 0.393. The molecule has 12 nitrogen and oxygen atoms in total. The molecule has 1 fully saturated rings. The molecule has 3 aromatic rings. The van der Waals surface area contributed by atoms with Crippen molar-refractivity contribution in [3.8, 4) is 5.75 Å². The third-order valence-electron chi connectivity index (χ3n) is 6.66. The van der Waals surface area contributed by atoms with Crippen molar-refractivity contribution in [2.24, 2.45) is 0 Å². The molecule has 0 bridgehead atoms. The molecule has 1 saturated heterocycles. The second kappa shape index (κ2) is 13.0. The number of nitrogens with zero attached hydrogens (tertiary/aromatic N) is 6. The van der Waals surface area contributed by atoms with E-state index in [9.17, 15) is 4.79 Å². The minimum absolute atomic E-state index is 0.0668. The lowest BCUT2D eigenvalue weighted by atomic mass is 10.0. The molecule has 13 heteroatoms. The van der Waals surface area contributed by atoms with Gasteiger partial charge in [0.05, 0.1) is 23.8 Å². The van der Waals surface area contributed by atoms with Crippen LogP contribution in [-0.2, 0) is 9.59 Å². The SMILES string of the molecule is CCCN1C(=O)C(C)(C)Oc2ccc(Nc3nc(Nc4ccc(N5CCN(C)CC5)nc4)ncc3Cl)cc21.O=CO. The van der Waals surface area contributed by atoms with Crippen LogP contribution in [0.25, 0.3) is 0 Å². The molecule has 0 unspecified atom stereocenters. The largest absolute Gasteiger partial charge is 0.483 e. The van der Waals surface area contributed by atoms with E-state index in [0.717, 1.165) is 55.5 Å². The zero-order valence-electron chi connectivity index (χ0n) is 23.6. The Morgan fingerprint density at radius 3 is 2.44 bits per heavy atom. The number of aromatic nitrogens is 3. The Morgan fingerprint density at radius 1 is 1.07 bits per heavy atom. The second-order valence-corrected chi connectivity index (χ2v) is 10.6. The highest BCUT2D eigenvalue weighted by molar-refractivity contribution is 6.32. The van der Waals surface area contributed by atoms with Crippen molar-refractivity contribution in [2.75, 3.05) is 60.2 Å². The maximum atomic E-state index is 13.0. The molecule has 0 spiro atoms. The minimum atomic E-state index is -0.912. The number of halogens is 1. The fourth-order valence-electron chi connectivity index (χ4n) is 4.55. The zero-order valence-corrected chi connectivity index (χ0v) is 24.4. The number of amides is 1. The van der Waals surface area contributed by atoms with E-state index in [1.807, 2.05) is 37.3 Å². The minimum Gasteiger partial charge on any atom is -0.483 e. The fourth-order valence-corrected chi connectivity index (χ4v) is 4.69. The summed E-state index contributed by atoms with van der Waals surface area (Å²) in [6, 6.07) is 9.58. The van der Waals surface area contributed by atoms with Crippen molar-refractivity contribution in [3.63, 3.8) is 0 Å². The number of carbonyl (C=O) groups is 2. The summed E-state index contributed by atoms with van der Waals surface area (Å²) in [6.07, 6.45) is 4.15. The molecule has 0 saturated carbocycles. The molecule has 0 aliphatic carbocycles. The van der Waals surface area contributed by atoms with Gasteiger partial charge in [-0.05, 0) is 57.6 Å². The molecular formula is C28H35ClN8O4. The first-order valence-electron chi connectivity index (χ1n) is 13.3. The van der Waals surface area contributed by atoms with Crippen LogP contribution in [0.5, 0.6) is 5.75 Å². The highest BCUT2D eigenvalue weighted by atomic mass is 35.5. The number of likely N-dealkylation sites (N-methyl/N-ethyl adjacent to an activating group) is 1. The van der Waals surface area contributed by atoms with E-state index in [-0.39, 0.29) is 12.4 Å². The number of carbonyl (C=O) groups excluding carboxylic acids is 1. The maximum Gasteiger partial charge on any atom is 0.290 e. The van der Waals surface area contributed by atoms with Crippen LogP contribution in [0.1, 0.15) is 27.2 Å². The molecule has 0 radical (unpaired) electrons. The molecule has 41 heavy (non-hydrogen) atoms. The lowest BCUT2D eigenvalue weighted by Crippen LogP contribution is -2.52. The molecule has 1 amide bonds. The van der Waals surface area contributed by atoms with E-state index in [1.165, 1.54) is 0 Å². The Labute approximate surface area is 244 Å².